The molecular formula is C18H23BrN2O4. The summed E-state index contributed by atoms with van der Waals surface area (Å²) in [6.45, 7) is 2.37. The molecule has 6 nitrogen and oxygen atoms in total. The molecule has 0 aliphatic heterocycles. The first-order valence-corrected chi connectivity index (χ1v) is 8.02. The van der Waals surface area contributed by atoms with Crippen LogP contribution < -0.4 is 21.5 Å². The molecule has 0 radical (unpaired) electrons. The second-order valence-corrected chi connectivity index (χ2v) is 5.55. The van der Waals surface area contributed by atoms with E-state index in [1.807, 2.05) is 30.8 Å². The lowest BCUT2D eigenvalue weighted by atomic mass is 10.1. The van der Waals surface area contributed by atoms with Crippen molar-refractivity contribution in [2.45, 2.75) is 32.4 Å². The third kappa shape index (κ3) is 6.70. The molecule has 1 aromatic carbocycles. The topological polar surface area (TPSA) is 61.4 Å². The number of benzene rings is 1. The minimum absolute atomic E-state index is 0. The van der Waals surface area contributed by atoms with Crippen molar-refractivity contribution in [1.29, 1.82) is 0 Å². The van der Waals surface area contributed by atoms with E-state index in [1.165, 1.54) is 0 Å². The van der Waals surface area contributed by atoms with Gasteiger partial charge in [-0.15, -0.1) is 0 Å². The van der Waals surface area contributed by atoms with Crippen LogP contribution in [0, 0.1) is 0 Å². The summed E-state index contributed by atoms with van der Waals surface area (Å²) in [5.41, 5.74) is 0.602. The molecule has 7 heteroatoms. The molecule has 1 heterocycles. The van der Waals surface area contributed by atoms with Crippen molar-refractivity contribution in [3.63, 3.8) is 0 Å². The minimum Gasteiger partial charge on any atom is -1.00 e. The van der Waals surface area contributed by atoms with Crippen molar-refractivity contribution in [3.8, 4) is 0 Å². The quantitative estimate of drug-likeness (QED) is 0.316. The number of hydrogen-bond acceptors (Lipinski definition) is 4. The monoisotopic (exact) mass is 410 g/mol. The summed E-state index contributed by atoms with van der Waals surface area (Å²) in [4.78, 5) is 24.5. The van der Waals surface area contributed by atoms with E-state index in [0.717, 1.165) is 12.8 Å². The van der Waals surface area contributed by atoms with Crippen LogP contribution in [0.15, 0.2) is 49.1 Å². The molecule has 2 aromatic rings. The van der Waals surface area contributed by atoms with Gasteiger partial charge < -0.3 is 26.5 Å². The molecule has 0 saturated carbocycles. The van der Waals surface area contributed by atoms with Crippen LogP contribution in [-0.4, -0.2) is 23.1 Å². The van der Waals surface area contributed by atoms with Gasteiger partial charge in [-0.3, -0.25) is 0 Å². The van der Waals surface area contributed by atoms with E-state index in [2.05, 4.69) is 0 Å². The molecule has 0 amide bonds. The highest BCUT2D eigenvalue weighted by atomic mass is 79.9. The van der Waals surface area contributed by atoms with Gasteiger partial charge >= 0.3 is 11.9 Å². The lowest BCUT2D eigenvalue weighted by Crippen LogP contribution is -3.00. The fourth-order valence-electron chi connectivity index (χ4n) is 2.19. The molecule has 0 bridgehead atoms. The third-order valence-corrected chi connectivity index (χ3v) is 3.44. The highest BCUT2D eigenvalue weighted by Crippen LogP contribution is 2.19. The summed E-state index contributed by atoms with van der Waals surface area (Å²) in [7, 11) is 1.86. The second kappa shape index (κ2) is 10.7. The summed E-state index contributed by atoms with van der Waals surface area (Å²) >= 11 is 0. The molecule has 136 valence electrons. The van der Waals surface area contributed by atoms with Crippen LogP contribution in [0.25, 0.3) is 0 Å². The number of unbranched alkanes of at least 4 members (excludes halogenated alkanes) is 1. The van der Waals surface area contributed by atoms with Gasteiger partial charge in [0, 0.05) is 5.56 Å². The fourth-order valence-corrected chi connectivity index (χ4v) is 2.19. The standard InChI is InChI=1S/C18H23N2O4.BrH/c1-3-4-12-23-18(22)17(15-8-6-5-7-9-15)24-16(21)13-20-11-10-19(2)14-20;/h5-11,14,17H,3-4,12-13H2,1-2H3;1H/q+1;/p-1. The molecule has 0 aliphatic rings. The number of carbonyl (C=O) groups excluding carboxylic acids is 2. The van der Waals surface area contributed by atoms with Crippen molar-refractivity contribution in [2.75, 3.05) is 6.61 Å². The molecule has 0 aliphatic carbocycles. The smallest absolute Gasteiger partial charge is 0.352 e. The van der Waals surface area contributed by atoms with Gasteiger partial charge in [-0.05, 0) is 6.42 Å². The number of carbonyl (C=O) groups is 2. The summed E-state index contributed by atoms with van der Waals surface area (Å²) in [5, 5.41) is 0. The SMILES string of the molecule is CCCCOC(=O)C(OC(=O)C[n+]1ccn(C)c1)c1ccccc1.[Br-]. The van der Waals surface area contributed by atoms with Crippen LogP contribution in [0.3, 0.4) is 0 Å². The number of esters is 2. The molecule has 1 atom stereocenters. The van der Waals surface area contributed by atoms with E-state index >= 15 is 0 Å². The average molecular weight is 411 g/mol. The highest BCUT2D eigenvalue weighted by Gasteiger charge is 2.27. The second-order valence-electron chi connectivity index (χ2n) is 5.55. The third-order valence-electron chi connectivity index (χ3n) is 3.44. The summed E-state index contributed by atoms with van der Waals surface area (Å²) < 4.78 is 14.1. The summed E-state index contributed by atoms with van der Waals surface area (Å²) in [6, 6.07) is 8.91. The number of nitrogens with zero attached hydrogens (tertiary/aromatic N) is 2. The maximum atomic E-state index is 12.3. The number of hydrogen-bond donors (Lipinski definition) is 0. The van der Waals surface area contributed by atoms with Crippen molar-refractivity contribution in [2.24, 2.45) is 7.05 Å². The number of aromatic nitrogens is 2. The van der Waals surface area contributed by atoms with Crippen LogP contribution in [0.1, 0.15) is 31.4 Å². The Hall–Kier alpha value is -2.15. The summed E-state index contributed by atoms with van der Waals surface area (Å²) in [6.07, 6.45) is 6.01. The van der Waals surface area contributed by atoms with Gasteiger partial charge in [0.05, 0.1) is 13.7 Å². The molecule has 2 rings (SSSR count). The predicted molar refractivity (Wildman–Crippen MR) is 86.8 cm³/mol. The normalized spacial score (nSPS) is 11.3. The zero-order chi connectivity index (χ0) is 17.4. The van der Waals surface area contributed by atoms with E-state index in [-0.39, 0.29) is 23.5 Å². The Kier molecular flexibility index (Phi) is 8.91. The van der Waals surface area contributed by atoms with Gasteiger partial charge in [0.2, 0.25) is 12.4 Å². The maximum Gasteiger partial charge on any atom is 0.352 e. The number of imidazole rings is 1. The van der Waals surface area contributed by atoms with Gasteiger partial charge in [-0.2, -0.15) is 0 Å². The number of ether oxygens (including phenoxy) is 2. The zero-order valence-corrected chi connectivity index (χ0v) is 16.0. The predicted octanol–water partition coefficient (Wildman–Crippen LogP) is -1.06. The molecule has 1 unspecified atom stereocenters. The van der Waals surface area contributed by atoms with Gasteiger partial charge in [-0.25, -0.2) is 18.7 Å². The number of halogens is 1. The molecule has 0 fully saturated rings. The lowest BCUT2D eigenvalue weighted by Gasteiger charge is -2.16. The first-order chi connectivity index (χ1) is 11.6. The Morgan fingerprint density at radius 1 is 1.24 bits per heavy atom. The maximum absolute atomic E-state index is 12.3. The minimum atomic E-state index is -1.04. The highest BCUT2D eigenvalue weighted by molar-refractivity contribution is 5.80. The molecule has 0 N–H and O–H groups in total. The average Bonchev–Trinajstić information content (AvgIpc) is 2.98. The van der Waals surface area contributed by atoms with Crippen LogP contribution in [0.5, 0.6) is 0 Å². The van der Waals surface area contributed by atoms with Gasteiger partial charge in [0.15, 0.2) is 6.54 Å². The van der Waals surface area contributed by atoms with Crippen LogP contribution in [0.2, 0.25) is 0 Å². The molecule has 0 spiro atoms. The van der Waals surface area contributed by atoms with E-state index in [9.17, 15) is 9.59 Å². The molecular weight excluding hydrogens is 388 g/mol. The first kappa shape index (κ1) is 20.9. The molecule has 1 aromatic heterocycles. The first-order valence-electron chi connectivity index (χ1n) is 8.02. The van der Waals surface area contributed by atoms with E-state index in [1.54, 1.807) is 41.4 Å². The van der Waals surface area contributed by atoms with Crippen LogP contribution in [0.4, 0.5) is 0 Å². The molecule has 25 heavy (non-hydrogen) atoms. The Balaban J connectivity index is 0.00000312. The van der Waals surface area contributed by atoms with Crippen molar-refractivity contribution in [1.82, 2.24) is 4.57 Å². The molecule has 0 saturated heterocycles. The number of rotatable bonds is 8. The largest absolute Gasteiger partial charge is 1.00 e. The van der Waals surface area contributed by atoms with Crippen molar-refractivity contribution >= 4 is 11.9 Å². The number of aryl methyl sites for hydroxylation is 1. The van der Waals surface area contributed by atoms with Crippen LogP contribution >= 0.6 is 0 Å². The lowest BCUT2D eigenvalue weighted by molar-refractivity contribution is -0.685. The van der Waals surface area contributed by atoms with Crippen molar-refractivity contribution in [3.05, 3.63) is 54.6 Å². The fraction of sp³-hybridized carbons (Fsp3) is 0.389. The van der Waals surface area contributed by atoms with Crippen LogP contribution in [-0.2, 0) is 32.7 Å². The Morgan fingerprint density at radius 3 is 2.56 bits per heavy atom. The Labute approximate surface area is 158 Å². The van der Waals surface area contributed by atoms with Gasteiger partial charge in [0.25, 0.3) is 0 Å². The Morgan fingerprint density at radius 2 is 1.96 bits per heavy atom. The van der Waals surface area contributed by atoms with Gasteiger partial charge in [0.1, 0.15) is 12.4 Å². The van der Waals surface area contributed by atoms with E-state index in [4.69, 9.17) is 9.47 Å². The van der Waals surface area contributed by atoms with E-state index in [0.29, 0.717) is 12.2 Å². The zero-order valence-electron chi connectivity index (χ0n) is 14.4. The van der Waals surface area contributed by atoms with Crippen molar-refractivity contribution < 1.29 is 40.6 Å². The van der Waals surface area contributed by atoms with Gasteiger partial charge in [-0.1, -0.05) is 43.7 Å². The van der Waals surface area contributed by atoms with E-state index < -0.39 is 18.0 Å². The summed E-state index contributed by atoms with van der Waals surface area (Å²) in [5.74, 6) is -1.03. The Bertz CT molecular complexity index is 673.